The van der Waals surface area contributed by atoms with Gasteiger partial charge in [-0.2, -0.15) is 0 Å². The van der Waals surface area contributed by atoms with E-state index in [2.05, 4.69) is 6.92 Å². The number of carbonyl (C=O) groups excluding carboxylic acids is 1. The molecule has 0 N–H and O–H groups in total. The summed E-state index contributed by atoms with van der Waals surface area (Å²) in [6, 6.07) is 7.39. The number of ketones is 1. The third-order valence-corrected chi connectivity index (χ3v) is 2.44. The molecule has 3 nitrogen and oxygen atoms in total. The molecule has 0 fully saturated rings. The van der Waals surface area contributed by atoms with Crippen LogP contribution in [0.25, 0.3) is 0 Å². The van der Waals surface area contributed by atoms with E-state index in [1.807, 2.05) is 43.3 Å². The Kier molecular flexibility index (Phi) is 8.42. The molecule has 0 atom stereocenters. The van der Waals surface area contributed by atoms with Crippen molar-refractivity contribution in [2.75, 3.05) is 27.2 Å². The molecule has 0 aliphatic heterocycles. The van der Waals surface area contributed by atoms with Crippen molar-refractivity contribution < 1.29 is 9.53 Å². The lowest BCUT2D eigenvalue weighted by molar-refractivity contribution is 0.0972. The predicted octanol–water partition coefficient (Wildman–Crippen LogP) is 3.03. The lowest BCUT2D eigenvalue weighted by atomic mass is 10.1. The van der Waals surface area contributed by atoms with E-state index in [-0.39, 0.29) is 18.2 Å². The highest BCUT2D eigenvalue weighted by atomic mass is 35.5. The van der Waals surface area contributed by atoms with Gasteiger partial charge in [0, 0.05) is 18.5 Å². The molecule has 0 saturated heterocycles. The van der Waals surface area contributed by atoms with Crippen LogP contribution in [-0.2, 0) is 0 Å². The molecule has 4 heteroatoms. The lowest BCUT2D eigenvalue weighted by Crippen LogP contribution is -2.16. The number of ether oxygens (including phenoxy) is 1. The molecule has 0 spiro atoms. The molecular weight excluding hydrogens is 250 g/mol. The molecule has 1 aromatic rings. The number of halogens is 1. The zero-order chi connectivity index (χ0) is 12.7. The average molecular weight is 272 g/mol. The number of rotatable bonds is 7. The zero-order valence-corrected chi connectivity index (χ0v) is 12.1. The van der Waals surface area contributed by atoms with Crippen LogP contribution in [-0.4, -0.2) is 37.9 Å². The monoisotopic (exact) mass is 271 g/mol. The Morgan fingerprint density at radius 2 is 1.83 bits per heavy atom. The summed E-state index contributed by atoms with van der Waals surface area (Å²) in [5.41, 5.74) is 0.760. The Labute approximate surface area is 116 Å². The second-order valence-electron chi connectivity index (χ2n) is 4.35. The molecule has 0 aromatic heterocycles. The van der Waals surface area contributed by atoms with Crippen LogP contribution in [0.15, 0.2) is 24.3 Å². The van der Waals surface area contributed by atoms with E-state index in [0.717, 1.165) is 24.3 Å². The molecule has 0 saturated carbocycles. The number of nitrogens with zero attached hydrogens (tertiary/aromatic N) is 1. The average Bonchev–Trinajstić information content (AvgIpc) is 2.34. The van der Waals surface area contributed by atoms with E-state index in [9.17, 15) is 4.79 Å². The van der Waals surface area contributed by atoms with Gasteiger partial charge >= 0.3 is 0 Å². The van der Waals surface area contributed by atoms with Crippen LogP contribution < -0.4 is 4.74 Å². The van der Waals surface area contributed by atoms with Crippen molar-refractivity contribution in [2.24, 2.45) is 0 Å². The fourth-order valence-corrected chi connectivity index (χ4v) is 1.43. The molecular formula is C14H22ClNO2. The van der Waals surface area contributed by atoms with Crippen LogP contribution in [0.4, 0.5) is 0 Å². The highest BCUT2D eigenvalue weighted by Gasteiger charge is 2.06. The van der Waals surface area contributed by atoms with Gasteiger partial charge in [-0.25, -0.2) is 0 Å². The minimum Gasteiger partial charge on any atom is -0.494 e. The van der Waals surface area contributed by atoms with Crippen molar-refractivity contribution in [3.8, 4) is 5.75 Å². The Morgan fingerprint density at radius 1 is 1.22 bits per heavy atom. The molecule has 1 aromatic carbocycles. The Bertz CT molecular complexity index is 349. The molecule has 1 rings (SSSR count). The first-order chi connectivity index (χ1) is 8.13. The van der Waals surface area contributed by atoms with Gasteiger partial charge in [-0.1, -0.05) is 6.92 Å². The van der Waals surface area contributed by atoms with Gasteiger partial charge in [0.05, 0.1) is 6.61 Å². The minimum atomic E-state index is 0. The quantitative estimate of drug-likeness (QED) is 0.714. The van der Waals surface area contributed by atoms with Crippen molar-refractivity contribution >= 4 is 18.2 Å². The number of carbonyl (C=O) groups is 1. The van der Waals surface area contributed by atoms with Crippen molar-refractivity contribution in [2.45, 2.75) is 19.8 Å². The van der Waals surface area contributed by atoms with Crippen molar-refractivity contribution in [3.63, 3.8) is 0 Å². The van der Waals surface area contributed by atoms with E-state index in [1.165, 1.54) is 0 Å². The van der Waals surface area contributed by atoms with E-state index in [4.69, 9.17) is 4.74 Å². The summed E-state index contributed by atoms with van der Waals surface area (Å²) in [4.78, 5) is 13.8. The van der Waals surface area contributed by atoms with Gasteiger partial charge in [0.2, 0.25) is 0 Å². The largest absolute Gasteiger partial charge is 0.494 e. The summed E-state index contributed by atoms with van der Waals surface area (Å²) in [6.07, 6.45) is 1.55. The maximum absolute atomic E-state index is 11.8. The maximum Gasteiger partial charge on any atom is 0.164 e. The molecule has 0 heterocycles. The molecule has 0 aliphatic carbocycles. The normalized spacial score (nSPS) is 10.0. The SMILES string of the molecule is CCCOc1ccc(C(=O)CCN(C)C)cc1.Cl. The summed E-state index contributed by atoms with van der Waals surface area (Å²) >= 11 is 0. The molecule has 0 unspecified atom stereocenters. The second kappa shape index (κ2) is 8.95. The standard InChI is InChI=1S/C14H21NO2.ClH/c1-4-11-17-13-7-5-12(6-8-13)14(16)9-10-15(2)3;/h5-8H,4,9-11H2,1-3H3;1H. The van der Waals surface area contributed by atoms with Crippen LogP contribution in [0.5, 0.6) is 5.75 Å². The van der Waals surface area contributed by atoms with Crippen molar-refractivity contribution in [1.82, 2.24) is 4.90 Å². The van der Waals surface area contributed by atoms with Crippen LogP contribution in [0, 0.1) is 0 Å². The second-order valence-corrected chi connectivity index (χ2v) is 4.35. The Hall–Kier alpha value is -1.06. The van der Waals surface area contributed by atoms with Crippen LogP contribution >= 0.6 is 12.4 Å². The summed E-state index contributed by atoms with van der Waals surface area (Å²) in [5.74, 6) is 1.01. The third-order valence-electron chi connectivity index (χ3n) is 2.44. The van der Waals surface area contributed by atoms with E-state index >= 15 is 0 Å². The number of benzene rings is 1. The fourth-order valence-electron chi connectivity index (χ4n) is 1.43. The lowest BCUT2D eigenvalue weighted by Gasteiger charge is -2.09. The molecule has 0 aliphatic rings. The summed E-state index contributed by atoms with van der Waals surface area (Å²) in [6.45, 7) is 3.57. The summed E-state index contributed by atoms with van der Waals surface area (Å²) in [7, 11) is 3.93. The number of hydrogen-bond donors (Lipinski definition) is 0. The van der Waals surface area contributed by atoms with E-state index < -0.39 is 0 Å². The van der Waals surface area contributed by atoms with Crippen LogP contribution in [0.2, 0.25) is 0 Å². The highest BCUT2D eigenvalue weighted by Crippen LogP contribution is 2.13. The fraction of sp³-hybridized carbons (Fsp3) is 0.500. The van der Waals surface area contributed by atoms with Gasteiger partial charge in [-0.15, -0.1) is 12.4 Å². The topological polar surface area (TPSA) is 29.5 Å². The van der Waals surface area contributed by atoms with Gasteiger partial charge in [0.25, 0.3) is 0 Å². The first-order valence-electron chi connectivity index (χ1n) is 6.04. The smallest absolute Gasteiger partial charge is 0.164 e. The van der Waals surface area contributed by atoms with Gasteiger partial charge < -0.3 is 9.64 Å². The molecule has 0 radical (unpaired) electrons. The Morgan fingerprint density at radius 3 is 2.33 bits per heavy atom. The van der Waals surface area contributed by atoms with Crippen molar-refractivity contribution in [1.29, 1.82) is 0 Å². The van der Waals surface area contributed by atoms with Gasteiger partial charge in [0.15, 0.2) is 5.78 Å². The van der Waals surface area contributed by atoms with Gasteiger partial charge in [-0.3, -0.25) is 4.79 Å². The highest BCUT2D eigenvalue weighted by molar-refractivity contribution is 5.96. The minimum absolute atomic E-state index is 0. The van der Waals surface area contributed by atoms with Gasteiger partial charge in [0.1, 0.15) is 5.75 Å². The molecule has 18 heavy (non-hydrogen) atoms. The first-order valence-corrected chi connectivity index (χ1v) is 6.04. The van der Waals surface area contributed by atoms with Crippen LogP contribution in [0.1, 0.15) is 30.1 Å². The summed E-state index contributed by atoms with van der Waals surface area (Å²) in [5, 5.41) is 0. The Balaban J connectivity index is 0.00000289. The van der Waals surface area contributed by atoms with Crippen LogP contribution in [0.3, 0.4) is 0 Å². The van der Waals surface area contributed by atoms with E-state index in [1.54, 1.807) is 0 Å². The number of hydrogen-bond acceptors (Lipinski definition) is 3. The molecule has 102 valence electrons. The first kappa shape index (κ1) is 16.9. The van der Waals surface area contributed by atoms with Gasteiger partial charge in [-0.05, 0) is 44.8 Å². The molecule has 0 bridgehead atoms. The number of Topliss-reactive ketones (excluding diaryl/α,β-unsaturated/α-hetero) is 1. The zero-order valence-electron chi connectivity index (χ0n) is 11.3. The predicted molar refractivity (Wildman–Crippen MR) is 77.0 cm³/mol. The summed E-state index contributed by atoms with van der Waals surface area (Å²) < 4.78 is 5.47. The van der Waals surface area contributed by atoms with E-state index in [0.29, 0.717) is 13.0 Å². The third kappa shape index (κ3) is 6.03. The van der Waals surface area contributed by atoms with Crippen molar-refractivity contribution in [3.05, 3.63) is 29.8 Å². The maximum atomic E-state index is 11.8. The molecule has 0 amide bonds.